The molecule has 5 nitrogen and oxygen atoms in total. The molecule has 25 heavy (non-hydrogen) atoms. The van der Waals surface area contributed by atoms with Crippen LogP contribution in [0.15, 0.2) is 48.5 Å². The number of ketones is 1. The third-order valence-electron chi connectivity index (χ3n) is 4.09. The molecule has 0 heterocycles. The number of methoxy groups -OCH3 is 2. The summed E-state index contributed by atoms with van der Waals surface area (Å²) in [6, 6.07) is 14.2. The first kappa shape index (κ1) is 18.5. The number of benzene rings is 2. The Labute approximate surface area is 148 Å². The Kier molecular flexibility index (Phi) is 6.17. The van der Waals surface area contributed by atoms with Crippen LogP contribution in [-0.4, -0.2) is 44.9 Å². The smallest absolute Gasteiger partial charge is 0.223 e. The molecule has 2 rings (SSSR count). The van der Waals surface area contributed by atoms with E-state index in [1.807, 2.05) is 12.1 Å². The summed E-state index contributed by atoms with van der Waals surface area (Å²) < 4.78 is 10.3. The van der Waals surface area contributed by atoms with Crippen LogP contribution in [0.1, 0.15) is 28.3 Å². The van der Waals surface area contributed by atoms with Gasteiger partial charge in [0.05, 0.1) is 20.1 Å². The highest BCUT2D eigenvalue weighted by Crippen LogP contribution is 2.27. The van der Waals surface area contributed by atoms with E-state index in [-0.39, 0.29) is 18.1 Å². The van der Waals surface area contributed by atoms with E-state index >= 15 is 0 Å². The Morgan fingerprint density at radius 3 is 1.80 bits per heavy atom. The van der Waals surface area contributed by atoms with Gasteiger partial charge in [0.15, 0.2) is 5.78 Å². The lowest BCUT2D eigenvalue weighted by molar-refractivity contribution is -0.128. The van der Waals surface area contributed by atoms with Gasteiger partial charge in [0, 0.05) is 26.1 Å². The molecule has 0 bridgehead atoms. The van der Waals surface area contributed by atoms with Crippen LogP contribution in [-0.2, 0) is 4.79 Å². The highest BCUT2D eigenvalue weighted by atomic mass is 16.5. The van der Waals surface area contributed by atoms with Crippen molar-refractivity contribution < 1.29 is 19.1 Å². The molecule has 5 heteroatoms. The third-order valence-corrected chi connectivity index (χ3v) is 4.09. The Morgan fingerprint density at radius 2 is 1.36 bits per heavy atom. The van der Waals surface area contributed by atoms with E-state index in [2.05, 4.69) is 0 Å². The lowest BCUT2D eigenvalue weighted by Crippen LogP contribution is -2.26. The van der Waals surface area contributed by atoms with E-state index < -0.39 is 5.92 Å². The van der Waals surface area contributed by atoms with Crippen LogP contribution in [0.5, 0.6) is 11.5 Å². The summed E-state index contributed by atoms with van der Waals surface area (Å²) in [5.41, 5.74) is 1.34. The predicted molar refractivity (Wildman–Crippen MR) is 96.4 cm³/mol. The van der Waals surface area contributed by atoms with Gasteiger partial charge in [0.25, 0.3) is 0 Å². The molecule has 2 aromatic rings. The summed E-state index contributed by atoms with van der Waals surface area (Å²) in [6.07, 6.45) is 0.115. The molecule has 0 radical (unpaired) electrons. The number of nitrogens with zero attached hydrogens (tertiary/aromatic N) is 1. The van der Waals surface area contributed by atoms with E-state index in [1.165, 1.54) is 4.90 Å². The third kappa shape index (κ3) is 4.59. The minimum atomic E-state index is -0.547. The molecular weight excluding hydrogens is 318 g/mol. The van der Waals surface area contributed by atoms with E-state index in [4.69, 9.17) is 9.47 Å². The van der Waals surface area contributed by atoms with Crippen LogP contribution in [0, 0.1) is 0 Å². The van der Waals surface area contributed by atoms with Crippen molar-refractivity contribution in [2.45, 2.75) is 12.3 Å². The highest BCUT2D eigenvalue weighted by Gasteiger charge is 2.25. The second kappa shape index (κ2) is 8.33. The summed E-state index contributed by atoms with van der Waals surface area (Å²) in [5, 5.41) is 0. The van der Waals surface area contributed by atoms with Gasteiger partial charge in [-0.25, -0.2) is 0 Å². The Morgan fingerprint density at radius 1 is 0.880 bits per heavy atom. The van der Waals surface area contributed by atoms with Gasteiger partial charge in [-0.2, -0.15) is 0 Å². The number of ether oxygens (including phenoxy) is 2. The van der Waals surface area contributed by atoms with Crippen molar-refractivity contribution in [3.05, 3.63) is 59.7 Å². The normalized spacial score (nSPS) is 11.5. The van der Waals surface area contributed by atoms with Crippen molar-refractivity contribution in [1.82, 2.24) is 4.90 Å². The lowest BCUT2D eigenvalue weighted by atomic mass is 9.87. The zero-order valence-electron chi connectivity index (χ0n) is 15.0. The fraction of sp³-hybridized carbons (Fsp3) is 0.300. The van der Waals surface area contributed by atoms with Crippen LogP contribution in [0.3, 0.4) is 0 Å². The molecule has 0 saturated heterocycles. The van der Waals surface area contributed by atoms with E-state index in [0.717, 1.165) is 5.56 Å². The molecule has 0 fully saturated rings. The van der Waals surface area contributed by atoms with E-state index in [1.54, 1.807) is 64.7 Å². The number of carbonyl (C=O) groups excluding carboxylic acids is 2. The molecule has 0 saturated carbocycles. The maximum atomic E-state index is 13.0. The molecule has 1 amide bonds. The SMILES string of the molecule is COc1ccc(C(=O)[C@H](CC(=O)N(C)C)c2ccc(OC)cc2)cc1. The van der Waals surface area contributed by atoms with Crippen molar-refractivity contribution in [1.29, 1.82) is 0 Å². The summed E-state index contributed by atoms with van der Waals surface area (Å²) in [5.74, 6) is 0.653. The van der Waals surface area contributed by atoms with Crippen molar-refractivity contribution in [3.63, 3.8) is 0 Å². The first-order chi connectivity index (χ1) is 12.0. The summed E-state index contributed by atoms with van der Waals surface area (Å²) in [4.78, 5) is 26.7. The Bertz CT molecular complexity index is 720. The average molecular weight is 341 g/mol. The van der Waals surface area contributed by atoms with Crippen molar-refractivity contribution in [2.75, 3.05) is 28.3 Å². The molecule has 0 N–H and O–H groups in total. The largest absolute Gasteiger partial charge is 0.497 e. The van der Waals surface area contributed by atoms with Crippen LogP contribution >= 0.6 is 0 Å². The van der Waals surface area contributed by atoms with Gasteiger partial charge in [0.2, 0.25) is 5.91 Å². The van der Waals surface area contributed by atoms with Crippen LogP contribution in [0.25, 0.3) is 0 Å². The van der Waals surface area contributed by atoms with Gasteiger partial charge in [-0.3, -0.25) is 9.59 Å². The lowest BCUT2D eigenvalue weighted by Gasteiger charge is -2.19. The number of hydrogen-bond donors (Lipinski definition) is 0. The van der Waals surface area contributed by atoms with Gasteiger partial charge in [-0.05, 0) is 42.0 Å². The summed E-state index contributed by atoms with van der Waals surface area (Å²) in [7, 11) is 6.54. The average Bonchev–Trinajstić information content (AvgIpc) is 2.65. The predicted octanol–water partition coefficient (Wildman–Crippen LogP) is 3.15. The molecule has 132 valence electrons. The first-order valence-electron chi connectivity index (χ1n) is 7.98. The molecule has 0 aliphatic rings. The van der Waals surface area contributed by atoms with Crippen molar-refractivity contribution >= 4 is 11.7 Å². The number of rotatable bonds is 7. The van der Waals surface area contributed by atoms with Gasteiger partial charge in [-0.1, -0.05) is 12.1 Å². The molecule has 0 aromatic heterocycles. The molecule has 2 aromatic carbocycles. The molecule has 0 aliphatic heterocycles. The Balaban J connectivity index is 2.34. The van der Waals surface area contributed by atoms with Crippen LogP contribution in [0.4, 0.5) is 0 Å². The first-order valence-corrected chi connectivity index (χ1v) is 7.98. The van der Waals surface area contributed by atoms with Gasteiger partial charge in [0.1, 0.15) is 11.5 Å². The number of amides is 1. The zero-order valence-corrected chi connectivity index (χ0v) is 15.0. The van der Waals surface area contributed by atoms with Gasteiger partial charge in [-0.15, -0.1) is 0 Å². The quantitative estimate of drug-likeness (QED) is 0.726. The summed E-state index contributed by atoms with van der Waals surface area (Å²) in [6.45, 7) is 0. The van der Waals surface area contributed by atoms with E-state index in [9.17, 15) is 9.59 Å². The Hall–Kier alpha value is -2.82. The van der Waals surface area contributed by atoms with Gasteiger partial charge >= 0.3 is 0 Å². The minimum absolute atomic E-state index is 0.0944. The number of hydrogen-bond acceptors (Lipinski definition) is 4. The maximum absolute atomic E-state index is 13.0. The maximum Gasteiger partial charge on any atom is 0.223 e. The van der Waals surface area contributed by atoms with Crippen molar-refractivity contribution in [2.24, 2.45) is 0 Å². The molecule has 1 atom stereocenters. The van der Waals surface area contributed by atoms with Crippen LogP contribution in [0.2, 0.25) is 0 Å². The molecule has 0 spiro atoms. The minimum Gasteiger partial charge on any atom is -0.497 e. The van der Waals surface area contributed by atoms with Crippen molar-refractivity contribution in [3.8, 4) is 11.5 Å². The second-order valence-electron chi connectivity index (χ2n) is 5.91. The van der Waals surface area contributed by atoms with E-state index in [0.29, 0.717) is 17.1 Å². The fourth-order valence-electron chi connectivity index (χ4n) is 2.51. The monoisotopic (exact) mass is 341 g/mol. The topological polar surface area (TPSA) is 55.8 Å². The summed E-state index contributed by atoms with van der Waals surface area (Å²) >= 11 is 0. The molecule has 0 aliphatic carbocycles. The molecular formula is C20H23NO4. The highest BCUT2D eigenvalue weighted by molar-refractivity contribution is 6.03. The second-order valence-corrected chi connectivity index (χ2v) is 5.91. The van der Waals surface area contributed by atoms with Crippen LogP contribution < -0.4 is 9.47 Å². The zero-order chi connectivity index (χ0) is 18.4. The van der Waals surface area contributed by atoms with Gasteiger partial charge < -0.3 is 14.4 Å². The molecule has 0 unspecified atom stereocenters. The fourth-order valence-corrected chi connectivity index (χ4v) is 2.51. The number of carbonyl (C=O) groups is 2. The number of Topliss-reactive ketones (excluding diaryl/α,β-unsaturated/α-hetero) is 1. The standard InChI is InChI=1S/C20H23NO4/c1-21(2)19(22)13-18(14-5-9-16(24-3)10-6-14)20(23)15-7-11-17(25-4)12-8-15/h5-12,18H,13H2,1-4H3/t18-/m1/s1.